The Balaban J connectivity index is 0.00000361. The number of guanidine groups is 2. The molecule has 112 valence electrons. The first kappa shape index (κ1) is 18.5. The van der Waals surface area contributed by atoms with Crippen molar-refractivity contribution in [2.24, 2.45) is 21.5 Å². The third-order valence-electron chi connectivity index (χ3n) is 2.47. The molecule has 0 spiro atoms. The Bertz CT molecular complexity index is 486. The van der Waals surface area contributed by atoms with E-state index < -0.39 is 0 Å². The Hall–Kier alpha value is -1.46. The van der Waals surface area contributed by atoms with Crippen molar-refractivity contribution in [3.05, 3.63) is 28.8 Å². The van der Waals surface area contributed by atoms with Gasteiger partial charge in [-0.1, -0.05) is 24.9 Å². The molecular weight excluding hydrogens is 297 g/mol. The third-order valence-corrected chi connectivity index (χ3v) is 2.71. The van der Waals surface area contributed by atoms with Gasteiger partial charge in [0.2, 0.25) is 11.9 Å². The summed E-state index contributed by atoms with van der Waals surface area (Å²) in [6.45, 7) is 4.69. The van der Waals surface area contributed by atoms with E-state index in [-0.39, 0.29) is 24.3 Å². The molecule has 0 aromatic heterocycles. The molecule has 0 aliphatic heterocycles. The predicted molar refractivity (Wildman–Crippen MR) is 90.1 cm³/mol. The number of hydrogen-bond donors (Lipinski definition) is 3. The van der Waals surface area contributed by atoms with Crippen LogP contribution in [0.25, 0.3) is 0 Å². The molecule has 0 saturated carbocycles. The molecule has 0 aliphatic carbocycles. The second-order valence-corrected chi connectivity index (χ2v) is 4.61. The minimum atomic E-state index is 0. The van der Waals surface area contributed by atoms with Gasteiger partial charge in [-0.25, -0.2) is 0 Å². The van der Waals surface area contributed by atoms with Gasteiger partial charge >= 0.3 is 0 Å². The molecule has 7 heteroatoms. The highest BCUT2D eigenvalue weighted by molar-refractivity contribution is 6.30. The number of halogens is 2. The summed E-state index contributed by atoms with van der Waals surface area (Å²) >= 11 is 5.88. The summed E-state index contributed by atoms with van der Waals surface area (Å²) in [6, 6.07) is 5.46. The molecule has 1 aromatic carbocycles. The lowest BCUT2D eigenvalue weighted by Gasteiger charge is -2.08. The first-order valence-electron chi connectivity index (χ1n) is 6.20. The Morgan fingerprint density at radius 3 is 2.65 bits per heavy atom. The summed E-state index contributed by atoms with van der Waals surface area (Å²) in [5.41, 5.74) is 13.2. The van der Waals surface area contributed by atoms with Crippen LogP contribution in [-0.2, 0) is 0 Å². The molecule has 0 bridgehead atoms. The number of rotatable bonds is 4. The van der Waals surface area contributed by atoms with Crippen LogP contribution >= 0.6 is 24.0 Å². The smallest absolute Gasteiger partial charge is 0.218 e. The van der Waals surface area contributed by atoms with Crippen molar-refractivity contribution in [1.82, 2.24) is 0 Å². The van der Waals surface area contributed by atoms with Gasteiger partial charge in [0.15, 0.2) is 0 Å². The molecule has 1 aromatic rings. The molecule has 0 atom stereocenters. The molecule has 0 radical (unpaired) electrons. The molecular formula is C13H21Cl2N5. The lowest BCUT2D eigenvalue weighted by Crippen LogP contribution is -2.26. The first-order valence-corrected chi connectivity index (χ1v) is 6.58. The van der Waals surface area contributed by atoms with Gasteiger partial charge in [-0.15, -0.1) is 12.4 Å². The van der Waals surface area contributed by atoms with E-state index >= 15 is 0 Å². The molecule has 20 heavy (non-hydrogen) atoms. The number of nitrogens with one attached hydrogen (secondary N) is 1. The Morgan fingerprint density at radius 1 is 1.35 bits per heavy atom. The van der Waals surface area contributed by atoms with Crippen LogP contribution in [0.3, 0.4) is 0 Å². The molecule has 5 N–H and O–H groups in total. The second-order valence-electron chi connectivity index (χ2n) is 4.17. The van der Waals surface area contributed by atoms with Crippen LogP contribution in [0.4, 0.5) is 5.69 Å². The van der Waals surface area contributed by atoms with E-state index in [2.05, 4.69) is 22.2 Å². The Morgan fingerprint density at radius 2 is 2.05 bits per heavy atom. The normalized spacial score (nSPS) is 11.9. The fraction of sp³-hybridized carbons (Fsp3) is 0.385. The lowest BCUT2D eigenvalue weighted by molar-refractivity contribution is 0.806. The number of hydrogen-bond acceptors (Lipinski definition) is 1. The van der Waals surface area contributed by atoms with E-state index in [1.807, 2.05) is 19.1 Å². The van der Waals surface area contributed by atoms with E-state index in [9.17, 15) is 0 Å². The van der Waals surface area contributed by atoms with Crippen LogP contribution in [0.1, 0.15) is 25.3 Å². The Kier molecular flexibility index (Phi) is 8.76. The molecule has 0 fully saturated rings. The molecule has 0 unspecified atom stereocenters. The standard InChI is InChI=1S/C13H20ClN5.ClH/c1-3-4-7-17-12(15)19-13(16)18-11-6-5-10(14)8-9(11)2;/h5-6,8H,3-4,7H2,1-2H3,(H5,15,16,17,18,19);1H. The highest BCUT2D eigenvalue weighted by atomic mass is 35.5. The SMILES string of the molecule is CCCCN=C(N)/N=C(\N)Nc1ccc(Cl)cc1C.Cl. The monoisotopic (exact) mass is 317 g/mol. The summed E-state index contributed by atoms with van der Waals surface area (Å²) in [5, 5.41) is 3.65. The minimum Gasteiger partial charge on any atom is -0.369 e. The fourth-order valence-corrected chi connectivity index (χ4v) is 1.67. The van der Waals surface area contributed by atoms with Crippen molar-refractivity contribution in [3.63, 3.8) is 0 Å². The van der Waals surface area contributed by atoms with Crippen LogP contribution in [0.2, 0.25) is 5.02 Å². The van der Waals surface area contributed by atoms with E-state index in [0.29, 0.717) is 11.6 Å². The minimum absolute atomic E-state index is 0. The van der Waals surface area contributed by atoms with E-state index in [0.717, 1.165) is 24.1 Å². The summed E-state index contributed by atoms with van der Waals surface area (Å²) in [4.78, 5) is 8.08. The Labute approximate surface area is 130 Å². The van der Waals surface area contributed by atoms with Crippen molar-refractivity contribution >= 4 is 41.6 Å². The van der Waals surface area contributed by atoms with Crippen molar-refractivity contribution < 1.29 is 0 Å². The maximum Gasteiger partial charge on any atom is 0.218 e. The number of aliphatic imine (C=N–C) groups is 2. The highest BCUT2D eigenvalue weighted by Crippen LogP contribution is 2.19. The molecule has 0 saturated heterocycles. The van der Waals surface area contributed by atoms with Gasteiger partial charge in [0.1, 0.15) is 0 Å². The van der Waals surface area contributed by atoms with Gasteiger partial charge in [-0.2, -0.15) is 4.99 Å². The van der Waals surface area contributed by atoms with Crippen molar-refractivity contribution in [2.45, 2.75) is 26.7 Å². The van der Waals surface area contributed by atoms with Crippen LogP contribution in [0, 0.1) is 6.92 Å². The number of unbranched alkanes of at least 4 members (excludes halogenated alkanes) is 1. The van der Waals surface area contributed by atoms with Gasteiger partial charge in [0.05, 0.1) is 0 Å². The van der Waals surface area contributed by atoms with Gasteiger partial charge < -0.3 is 16.8 Å². The first-order chi connectivity index (χ1) is 9.02. The van der Waals surface area contributed by atoms with Crippen LogP contribution in [-0.4, -0.2) is 18.5 Å². The zero-order valence-electron chi connectivity index (χ0n) is 11.7. The zero-order valence-corrected chi connectivity index (χ0v) is 13.3. The van der Waals surface area contributed by atoms with Crippen LogP contribution in [0.15, 0.2) is 28.2 Å². The summed E-state index contributed by atoms with van der Waals surface area (Å²) in [7, 11) is 0. The molecule has 5 nitrogen and oxygen atoms in total. The number of aryl methyl sites for hydroxylation is 1. The maximum atomic E-state index is 5.88. The van der Waals surface area contributed by atoms with Crippen molar-refractivity contribution in [1.29, 1.82) is 0 Å². The summed E-state index contributed by atoms with van der Waals surface area (Å²) in [6.07, 6.45) is 2.05. The van der Waals surface area contributed by atoms with E-state index in [1.165, 1.54) is 0 Å². The lowest BCUT2D eigenvalue weighted by atomic mass is 10.2. The third kappa shape index (κ3) is 6.63. The average molecular weight is 318 g/mol. The topological polar surface area (TPSA) is 88.8 Å². The highest BCUT2D eigenvalue weighted by Gasteiger charge is 2.01. The second kappa shape index (κ2) is 9.44. The molecule has 0 aliphatic rings. The predicted octanol–water partition coefficient (Wildman–Crippen LogP) is 2.91. The number of benzene rings is 1. The van der Waals surface area contributed by atoms with E-state index in [1.54, 1.807) is 6.07 Å². The fourth-order valence-electron chi connectivity index (χ4n) is 1.44. The van der Waals surface area contributed by atoms with Gasteiger partial charge in [0.25, 0.3) is 0 Å². The molecule has 1 rings (SSSR count). The van der Waals surface area contributed by atoms with Gasteiger partial charge in [0, 0.05) is 17.3 Å². The number of nitrogens with zero attached hydrogens (tertiary/aromatic N) is 2. The quantitative estimate of drug-likeness (QED) is 0.453. The van der Waals surface area contributed by atoms with Gasteiger partial charge in [-0.05, 0) is 37.1 Å². The van der Waals surface area contributed by atoms with Crippen molar-refractivity contribution in [2.75, 3.05) is 11.9 Å². The van der Waals surface area contributed by atoms with Gasteiger partial charge in [-0.3, -0.25) is 4.99 Å². The zero-order chi connectivity index (χ0) is 14.3. The number of nitrogens with two attached hydrogens (primary N) is 2. The maximum absolute atomic E-state index is 5.88. The summed E-state index contributed by atoms with van der Waals surface area (Å²) in [5.74, 6) is 0.397. The number of anilines is 1. The molecule has 0 heterocycles. The largest absolute Gasteiger partial charge is 0.369 e. The van der Waals surface area contributed by atoms with E-state index in [4.69, 9.17) is 23.1 Å². The summed E-state index contributed by atoms with van der Waals surface area (Å²) < 4.78 is 0. The average Bonchev–Trinajstić information content (AvgIpc) is 2.33. The van der Waals surface area contributed by atoms with Crippen LogP contribution < -0.4 is 16.8 Å². The molecule has 0 amide bonds. The van der Waals surface area contributed by atoms with Crippen molar-refractivity contribution in [3.8, 4) is 0 Å². The van der Waals surface area contributed by atoms with Crippen LogP contribution in [0.5, 0.6) is 0 Å².